The van der Waals surface area contributed by atoms with Crippen LogP contribution in [-0.2, 0) is 4.79 Å². The summed E-state index contributed by atoms with van der Waals surface area (Å²) in [5.74, 6) is -0.850. The Morgan fingerprint density at radius 1 is 1.64 bits per heavy atom. The second-order valence-electron chi connectivity index (χ2n) is 2.12. The SMILES string of the molecule is C/C(=C\CCCN)C(=O)O.Cl. The molecule has 0 atom stereocenters. The van der Waals surface area contributed by atoms with Crippen molar-refractivity contribution in [2.75, 3.05) is 6.54 Å². The first-order chi connectivity index (χ1) is 4.68. The van der Waals surface area contributed by atoms with Gasteiger partial charge in [0.25, 0.3) is 0 Å². The van der Waals surface area contributed by atoms with Gasteiger partial charge in [0.15, 0.2) is 0 Å². The Balaban J connectivity index is 0. The maximum absolute atomic E-state index is 10.2. The lowest BCUT2D eigenvalue weighted by Crippen LogP contribution is -1.99. The highest BCUT2D eigenvalue weighted by Crippen LogP contribution is 1.96. The normalized spacial score (nSPS) is 10.5. The smallest absolute Gasteiger partial charge is 0.330 e. The highest BCUT2D eigenvalue weighted by atomic mass is 35.5. The fourth-order valence-corrected chi connectivity index (χ4v) is 0.524. The van der Waals surface area contributed by atoms with Gasteiger partial charge in [-0.25, -0.2) is 4.79 Å². The zero-order valence-corrected chi connectivity index (χ0v) is 7.36. The lowest BCUT2D eigenvalue weighted by atomic mass is 10.2. The molecule has 0 unspecified atom stereocenters. The predicted molar refractivity (Wildman–Crippen MR) is 46.9 cm³/mol. The van der Waals surface area contributed by atoms with Gasteiger partial charge in [0.1, 0.15) is 0 Å². The Labute approximate surface area is 72.7 Å². The molecule has 0 aromatic carbocycles. The van der Waals surface area contributed by atoms with Crippen molar-refractivity contribution in [3.8, 4) is 0 Å². The number of hydrogen-bond acceptors (Lipinski definition) is 2. The van der Waals surface area contributed by atoms with E-state index >= 15 is 0 Å². The van der Waals surface area contributed by atoms with Crippen LogP contribution >= 0.6 is 12.4 Å². The zero-order valence-electron chi connectivity index (χ0n) is 6.54. The molecule has 0 spiro atoms. The maximum atomic E-state index is 10.2. The molecule has 0 aromatic rings. The molecule has 0 rings (SSSR count). The first-order valence-electron chi connectivity index (χ1n) is 3.28. The van der Waals surface area contributed by atoms with Crippen LogP contribution in [0.5, 0.6) is 0 Å². The number of carbonyl (C=O) groups is 1. The monoisotopic (exact) mass is 179 g/mol. The van der Waals surface area contributed by atoms with Gasteiger partial charge in [-0.1, -0.05) is 6.08 Å². The van der Waals surface area contributed by atoms with Crippen molar-refractivity contribution < 1.29 is 9.90 Å². The van der Waals surface area contributed by atoms with E-state index in [4.69, 9.17) is 10.8 Å². The minimum absolute atomic E-state index is 0. The molecule has 4 heteroatoms. The number of hydrogen-bond donors (Lipinski definition) is 2. The number of allylic oxidation sites excluding steroid dienone is 1. The van der Waals surface area contributed by atoms with E-state index in [1.54, 1.807) is 13.0 Å². The number of unbranched alkanes of at least 4 members (excludes halogenated alkanes) is 1. The zero-order chi connectivity index (χ0) is 7.98. The molecule has 0 fully saturated rings. The van der Waals surface area contributed by atoms with E-state index < -0.39 is 5.97 Å². The van der Waals surface area contributed by atoms with Gasteiger partial charge in [0, 0.05) is 5.57 Å². The van der Waals surface area contributed by atoms with Crippen molar-refractivity contribution in [1.29, 1.82) is 0 Å². The van der Waals surface area contributed by atoms with Crippen LogP contribution in [0.3, 0.4) is 0 Å². The summed E-state index contributed by atoms with van der Waals surface area (Å²) in [6, 6.07) is 0. The summed E-state index contributed by atoms with van der Waals surface area (Å²) >= 11 is 0. The van der Waals surface area contributed by atoms with Crippen molar-refractivity contribution in [3.63, 3.8) is 0 Å². The molecule has 0 aliphatic rings. The van der Waals surface area contributed by atoms with E-state index in [1.807, 2.05) is 0 Å². The molecule has 0 saturated carbocycles. The molecule has 66 valence electrons. The first kappa shape index (κ1) is 13.1. The van der Waals surface area contributed by atoms with Crippen LogP contribution in [0.2, 0.25) is 0 Å². The van der Waals surface area contributed by atoms with Crippen molar-refractivity contribution in [3.05, 3.63) is 11.6 Å². The molecule has 0 aliphatic carbocycles. The quantitative estimate of drug-likeness (QED) is 0.503. The van der Waals surface area contributed by atoms with Gasteiger partial charge in [-0.2, -0.15) is 0 Å². The van der Waals surface area contributed by atoms with Gasteiger partial charge >= 0.3 is 5.97 Å². The Bertz CT molecular complexity index is 145. The van der Waals surface area contributed by atoms with Crippen molar-refractivity contribution in [1.82, 2.24) is 0 Å². The van der Waals surface area contributed by atoms with Crippen LogP contribution in [-0.4, -0.2) is 17.6 Å². The second kappa shape index (κ2) is 7.57. The molecule has 0 heterocycles. The lowest BCUT2D eigenvalue weighted by molar-refractivity contribution is -0.132. The van der Waals surface area contributed by atoms with E-state index in [-0.39, 0.29) is 12.4 Å². The van der Waals surface area contributed by atoms with Crippen LogP contribution in [0.15, 0.2) is 11.6 Å². The van der Waals surface area contributed by atoms with E-state index in [9.17, 15) is 4.79 Å². The van der Waals surface area contributed by atoms with Gasteiger partial charge < -0.3 is 10.8 Å². The van der Waals surface area contributed by atoms with E-state index in [2.05, 4.69) is 0 Å². The molecule has 0 amide bonds. The molecule has 0 saturated heterocycles. The number of carboxylic acid groups (broad SMARTS) is 1. The third-order valence-corrected chi connectivity index (χ3v) is 1.20. The Kier molecular flexibility index (Phi) is 9.00. The van der Waals surface area contributed by atoms with Gasteiger partial charge in [-0.15, -0.1) is 12.4 Å². The third-order valence-electron chi connectivity index (χ3n) is 1.20. The highest BCUT2D eigenvalue weighted by molar-refractivity contribution is 5.85. The molecule has 0 aromatic heterocycles. The third kappa shape index (κ3) is 7.36. The molecular formula is C7H14ClNO2. The Hall–Kier alpha value is -0.540. The number of aliphatic carboxylic acids is 1. The van der Waals surface area contributed by atoms with Crippen molar-refractivity contribution >= 4 is 18.4 Å². The Morgan fingerprint density at radius 2 is 2.18 bits per heavy atom. The largest absolute Gasteiger partial charge is 0.478 e. The summed E-state index contributed by atoms with van der Waals surface area (Å²) in [6.45, 7) is 2.20. The molecule has 0 bridgehead atoms. The van der Waals surface area contributed by atoms with Gasteiger partial charge in [0.2, 0.25) is 0 Å². The van der Waals surface area contributed by atoms with E-state index in [1.165, 1.54) is 0 Å². The van der Waals surface area contributed by atoms with Crippen LogP contribution in [0.1, 0.15) is 19.8 Å². The Morgan fingerprint density at radius 3 is 2.55 bits per heavy atom. The summed E-state index contributed by atoms with van der Waals surface area (Å²) in [5.41, 5.74) is 5.61. The molecule has 0 aliphatic heterocycles. The maximum Gasteiger partial charge on any atom is 0.330 e. The highest BCUT2D eigenvalue weighted by Gasteiger charge is 1.96. The standard InChI is InChI=1S/C7H13NO2.ClH/c1-6(7(9)10)4-2-3-5-8;/h4H,2-3,5,8H2,1H3,(H,9,10);1H/b6-4+;. The minimum atomic E-state index is -0.850. The van der Waals surface area contributed by atoms with Gasteiger partial charge in [-0.3, -0.25) is 0 Å². The molecule has 0 radical (unpaired) electrons. The topological polar surface area (TPSA) is 63.3 Å². The van der Waals surface area contributed by atoms with Crippen molar-refractivity contribution in [2.24, 2.45) is 5.73 Å². The van der Waals surface area contributed by atoms with Gasteiger partial charge in [-0.05, 0) is 26.3 Å². The van der Waals surface area contributed by atoms with Crippen LogP contribution in [0, 0.1) is 0 Å². The predicted octanol–water partition coefficient (Wildman–Crippen LogP) is 1.18. The average Bonchev–Trinajstić information content (AvgIpc) is 1.88. The van der Waals surface area contributed by atoms with Crippen LogP contribution in [0.25, 0.3) is 0 Å². The van der Waals surface area contributed by atoms with E-state index in [0.717, 1.165) is 12.8 Å². The summed E-state index contributed by atoms with van der Waals surface area (Å²) in [6.07, 6.45) is 3.30. The molecule has 11 heavy (non-hydrogen) atoms. The van der Waals surface area contributed by atoms with Crippen LogP contribution in [0.4, 0.5) is 0 Å². The fourth-order valence-electron chi connectivity index (χ4n) is 0.524. The van der Waals surface area contributed by atoms with Crippen LogP contribution < -0.4 is 5.73 Å². The fraction of sp³-hybridized carbons (Fsp3) is 0.571. The summed E-state index contributed by atoms with van der Waals surface area (Å²) in [4.78, 5) is 10.2. The summed E-state index contributed by atoms with van der Waals surface area (Å²) < 4.78 is 0. The average molecular weight is 180 g/mol. The minimum Gasteiger partial charge on any atom is -0.478 e. The number of nitrogens with two attached hydrogens (primary N) is 1. The van der Waals surface area contributed by atoms with E-state index in [0.29, 0.717) is 12.1 Å². The summed E-state index contributed by atoms with van der Waals surface area (Å²) in [7, 11) is 0. The second-order valence-corrected chi connectivity index (χ2v) is 2.12. The number of halogens is 1. The number of carboxylic acids is 1. The lowest BCUT2D eigenvalue weighted by Gasteiger charge is -1.92. The van der Waals surface area contributed by atoms with Crippen molar-refractivity contribution in [2.45, 2.75) is 19.8 Å². The molecular weight excluding hydrogens is 166 g/mol. The molecule has 3 nitrogen and oxygen atoms in total. The van der Waals surface area contributed by atoms with Gasteiger partial charge in [0.05, 0.1) is 0 Å². The molecule has 3 N–H and O–H groups in total. The first-order valence-corrected chi connectivity index (χ1v) is 3.28. The number of rotatable bonds is 4. The summed E-state index contributed by atoms with van der Waals surface area (Å²) in [5, 5.41) is 8.38.